The average Bonchev–Trinajstić information content (AvgIpc) is 3.05. The summed E-state index contributed by atoms with van der Waals surface area (Å²) in [6, 6.07) is 22.3. The Kier molecular flexibility index (Phi) is 14.6. The van der Waals surface area contributed by atoms with E-state index in [0.717, 1.165) is 11.1 Å². The number of unbranched alkanes of at least 4 members (excludes halogenated alkanes) is 1. The van der Waals surface area contributed by atoms with E-state index in [1.165, 1.54) is 35.7 Å². The number of phosphoric acid groups is 1. The van der Waals surface area contributed by atoms with Gasteiger partial charge in [0.1, 0.15) is 6.04 Å². The number of sulfonamides is 1. The molecule has 0 aliphatic carbocycles. The lowest BCUT2D eigenvalue weighted by Gasteiger charge is -2.32. The molecule has 48 heavy (non-hydrogen) atoms. The summed E-state index contributed by atoms with van der Waals surface area (Å²) in [5.41, 5.74) is 7.75. The van der Waals surface area contributed by atoms with Gasteiger partial charge in [-0.1, -0.05) is 80.9 Å². The van der Waals surface area contributed by atoms with Gasteiger partial charge in [0.05, 0.1) is 18.6 Å². The van der Waals surface area contributed by atoms with Gasteiger partial charge in [0.25, 0.3) is 0 Å². The first kappa shape index (κ1) is 38.7. The van der Waals surface area contributed by atoms with Gasteiger partial charge in [0.15, 0.2) is 0 Å². The lowest BCUT2D eigenvalue weighted by atomic mass is 9.84. The Hall–Kier alpha value is -3.78. The van der Waals surface area contributed by atoms with E-state index in [1.54, 1.807) is 0 Å². The van der Waals surface area contributed by atoms with Gasteiger partial charge in [0, 0.05) is 30.7 Å². The molecule has 2 atom stereocenters. The fourth-order valence-electron chi connectivity index (χ4n) is 5.28. The topological polar surface area (TPSA) is 198 Å². The Labute approximate surface area is 282 Å². The summed E-state index contributed by atoms with van der Waals surface area (Å²) in [5.74, 6) is -1.11. The maximum atomic E-state index is 13.7. The third kappa shape index (κ3) is 11.7. The molecular formula is C33H45N4O9PS. The Bertz CT molecular complexity index is 1570. The normalized spacial score (nSPS) is 13.3. The van der Waals surface area contributed by atoms with Crippen molar-refractivity contribution in [1.82, 2.24) is 14.9 Å². The second-order valence-electron chi connectivity index (χ2n) is 11.7. The summed E-state index contributed by atoms with van der Waals surface area (Å²) in [6.07, 6.45) is 0.170. The smallest absolute Gasteiger partial charge is 0.453 e. The number of amides is 2. The molecule has 3 aromatic rings. The molecule has 0 aliphatic rings. The highest BCUT2D eigenvalue weighted by Crippen LogP contribution is 2.37. The van der Waals surface area contributed by atoms with E-state index >= 15 is 0 Å². The van der Waals surface area contributed by atoms with Gasteiger partial charge < -0.3 is 30.9 Å². The van der Waals surface area contributed by atoms with Gasteiger partial charge in [-0.15, -0.1) is 0 Å². The van der Waals surface area contributed by atoms with Crippen LogP contribution in [0.1, 0.15) is 50.2 Å². The number of hydrogen-bond donors (Lipinski definition) is 5. The first-order valence-electron chi connectivity index (χ1n) is 15.5. The van der Waals surface area contributed by atoms with E-state index < -0.39 is 54.5 Å². The Morgan fingerprint density at radius 2 is 1.48 bits per heavy atom. The zero-order chi connectivity index (χ0) is 35.3. The number of methoxy groups -OCH3 is 1. The molecule has 13 nitrogen and oxygen atoms in total. The van der Waals surface area contributed by atoms with E-state index in [1.807, 2.05) is 74.5 Å². The minimum absolute atomic E-state index is 0.0127. The zero-order valence-electron chi connectivity index (χ0n) is 27.3. The molecule has 6 N–H and O–H groups in total. The summed E-state index contributed by atoms with van der Waals surface area (Å²) in [4.78, 5) is 44.8. The number of carbonyl (C=O) groups is 2. The van der Waals surface area contributed by atoms with Crippen LogP contribution in [-0.2, 0) is 28.6 Å². The van der Waals surface area contributed by atoms with Crippen LogP contribution in [0.5, 0.6) is 0 Å². The molecule has 1 unspecified atom stereocenters. The number of carbonyl (C=O) groups excluding carboxylic acids is 2. The third-order valence-corrected chi connectivity index (χ3v) is 9.95. The number of alkyl carbamates (subject to hydrolysis) is 1. The van der Waals surface area contributed by atoms with Crippen molar-refractivity contribution in [3.63, 3.8) is 0 Å². The molecule has 3 rings (SSSR count). The van der Waals surface area contributed by atoms with Crippen LogP contribution in [0.2, 0.25) is 0 Å². The van der Waals surface area contributed by atoms with E-state index in [4.69, 9.17) is 15.0 Å². The van der Waals surface area contributed by atoms with Crippen molar-refractivity contribution in [2.24, 2.45) is 5.92 Å². The number of nitrogens with one attached hydrogen (secondary N) is 2. The second kappa shape index (κ2) is 18.1. The van der Waals surface area contributed by atoms with Crippen LogP contribution in [-0.4, -0.2) is 73.4 Å². The standard InChI is InChI=1S/C33H45N4O9PS/c1-24(2)22-37(48(43,44)29-19-17-27(34)18-20-29)28(23-46-47(40,41)42)16-10-11-21-35-32(38)31(36-33(39)45-3)30(25-12-6-4-7-13-25)26-14-8-5-9-15-26/h4-9,12-15,17-20,24,28,30-31H,10-11,16,21-23,34H2,1-3H3,(H,35,38)(H,36,39)(H2,40,41,42)/t28-,31?/m1/s1. The van der Waals surface area contributed by atoms with Gasteiger partial charge >= 0.3 is 13.9 Å². The molecule has 0 aliphatic heterocycles. The SMILES string of the molecule is COC(=O)NC(C(=O)NCCCC[C@H](COP(=O)(O)O)N(CC(C)C)S(=O)(=O)c1ccc(N)cc1)C(c1ccccc1)c1ccccc1. The lowest BCUT2D eigenvalue weighted by molar-refractivity contribution is -0.123. The van der Waals surface area contributed by atoms with Crippen LogP contribution in [0.25, 0.3) is 0 Å². The molecule has 0 aromatic heterocycles. The number of anilines is 1. The van der Waals surface area contributed by atoms with Crippen LogP contribution in [0.15, 0.2) is 89.8 Å². The molecule has 262 valence electrons. The molecule has 0 heterocycles. The number of ether oxygens (including phenoxy) is 1. The monoisotopic (exact) mass is 704 g/mol. The highest BCUT2D eigenvalue weighted by Gasteiger charge is 2.35. The molecule has 0 saturated heterocycles. The molecule has 2 amide bonds. The van der Waals surface area contributed by atoms with Crippen molar-refractivity contribution in [1.29, 1.82) is 0 Å². The summed E-state index contributed by atoms with van der Waals surface area (Å²) in [7, 11) is -7.79. The van der Waals surface area contributed by atoms with Gasteiger partial charge in [-0.05, 0) is 54.2 Å². The van der Waals surface area contributed by atoms with Crippen molar-refractivity contribution < 1.29 is 41.6 Å². The highest BCUT2D eigenvalue weighted by atomic mass is 32.2. The number of phosphoric ester groups is 1. The summed E-state index contributed by atoms with van der Waals surface area (Å²) in [6.45, 7) is 3.37. The van der Waals surface area contributed by atoms with Gasteiger partial charge in [-0.25, -0.2) is 17.8 Å². The predicted octanol–water partition coefficient (Wildman–Crippen LogP) is 4.24. The van der Waals surface area contributed by atoms with Gasteiger partial charge in [-0.3, -0.25) is 9.32 Å². The first-order valence-corrected chi connectivity index (χ1v) is 18.5. The maximum absolute atomic E-state index is 13.7. The number of benzene rings is 3. The quantitative estimate of drug-likeness (QED) is 0.0726. The number of nitrogen functional groups attached to an aromatic ring is 1. The van der Waals surface area contributed by atoms with Crippen LogP contribution in [0.3, 0.4) is 0 Å². The lowest BCUT2D eigenvalue weighted by Crippen LogP contribution is -2.50. The van der Waals surface area contributed by atoms with Crippen molar-refractivity contribution in [3.8, 4) is 0 Å². The average molecular weight is 705 g/mol. The number of rotatable bonds is 18. The van der Waals surface area contributed by atoms with Crippen LogP contribution >= 0.6 is 7.82 Å². The minimum atomic E-state index is -4.91. The molecule has 0 fully saturated rings. The summed E-state index contributed by atoms with van der Waals surface area (Å²) < 4.78 is 49.9. The van der Waals surface area contributed by atoms with E-state index in [-0.39, 0.29) is 30.3 Å². The molecule has 0 saturated carbocycles. The van der Waals surface area contributed by atoms with Gasteiger partial charge in [-0.2, -0.15) is 4.31 Å². The molecule has 0 spiro atoms. The summed E-state index contributed by atoms with van der Waals surface area (Å²) in [5, 5.41) is 5.55. The molecule has 0 bridgehead atoms. The van der Waals surface area contributed by atoms with Gasteiger partial charge in [0.2, 0.25) is 15.9 Å². The second-order valence-corrected chi connectivity index (χ2v) is 14.8. The van der Waals surface area contributed by atoms with Crippen molar-refractivity contribution in [3.05, 3.63) is 96.1 Å². The first-order chi connectivity index (χ1) is 22.7. The van der Waals surface area contributed by atoms with E-state index in [9.17, 15) is 32.4 Å². The summed E-state index contributed by atoms with van der Waals surface area (Å²) >= 11 is 0. The molecule has 0 radical (unpaired) electrons. The Balaban J connectivity index is 1.78. The number of nitrogens with two attached hydrogens (primary N) is 1. The molecular weight excluding hydrogens is 659 g/mol. The Morgan fingerprint density at radius 3 is 1.98 bits per heavy atom. The Morgan fingerprint density at radius 1 is 0.917 bits per heavy atom. The van der Waals surface area contributed by atoms with Crippen LogP contribution in [0, 0.1) is 5.92 Å². The highest BCUT2D eigenvalue weighted by molar-refractivity contribution is 7.89. The maximum Gasteiger partial charge on any atom is 0.469 e. The zero-order valence-corrected chi connectivity index (χ0v) is 29.0. The van der Waals surface area contributed by atoms with Crippen LogP contribution < -0.4 is 16.4 Å². The van der Waals surface area contributed by atoms with Crippen molar-refractivity contribution in [2.45, 2.75) is 56.0 Å². The number of hydrogen-bond acceptors (Lipinski definition) is 8. The predicted molar refractivity (Wildman–Crippen MR) is 182 cm³/mol. The molecule has 3 aromatic carbocycles. The van der Waals surface area contributed by atoms with E-state index in [0.29, 0.717) is 18.5 Å². The van der Waals surface area contributed by atoms with E-state index in [2.05, 4.69) is 10.6 Å². The fourth-order valence-corrected chi connectivity index (χ4v) is 7.45. The largest absolute Gasteiger partial charge is 0.469 e. The fraction of sp³-hybridized carbons (Fsp3) is 0.394. The van der Waals surface area contributed by atoms with Crippen molar-refractivity contribution >= 4 is 35.5 Å². The van der Waals surface area contributed by atoms with Crippen LogP contribution in [0.4, 0.5) is 10.5 Å². The molecule has 15 heteroatoms. The minimum Gasteiger partial charge on any atom is -0.453 e. The number of nitrogens with zero attached hydrogens (tertiary/aromatic N) is 1. The van der Waals surface area contributed by atoms with Crippen molar-refractivity contribution in [2.75, 3.05) is 32.5 Å². The third-order valence-electron chi connectivity index (χ3n) is 7.53.